The largest absolute Gasteiger partial charge is 0.333 e. The molecular weight excluding hydrogens is 335 g/mol. The summed E-state index contributed by atoms with van der Waals surface area (Å²) in [6.45, 7) is 1.72. The third kappa shape index (κ3) is 2.44. The van der Waals surface area contributed by atoms with Crippen LogP contribution in [0.15, 0.2) is 28.0 Å². The van der Waals surface area contributed by atoms with E-state index in [2.05, 4.69) is 25.9 Å². The van der Waals surface area contributed by atoms with E-state index in [1.165, 1.54) is 6.20 Å². The lowest BCUT2D eigenvalue weighted by Gasteiger charge is -2.08. The third-order valence-electron chi connectivity index (χ3n) is 2.58. The number of aromatic nitrogens is 3. The second-order valence-corrected chi connectivity index (χ2v) is 4.65. The molecule has 7 nitrogen and oxygen atoms in total. The molecule has 0 spiro atoms. The van der Waals surface area contributed by atoms with Crippen molar-refractivity contribution in [1.29, 1.82) is 0 Å². The van der Waals surface area contributed by atoms with Gasteiger partial charge in [-0.15, -0.1) is 0 Å². The number of hydrogen-bond donors (Lipinski definition) is 0. The maximum Gasteiger partial charge on any atom is 0.333 e. The molecule has 2 aromatic heterocycles. The van der Waals surface area contributed by atoms with Gasteiger partial charge in [-0.1, -0.05) is 6.92 Å². The summed E-state index contributed by atoms with van der Waals surface area (Å²) in [5, 5.41) is 10.8. The molecule has 20 heavy (non-hydrogen) atoms. The van der Waals surface area contributed by atoms with Crippen LogP contribution < -0.4 is 5.43 Å². The molecule has 2 heterocycles. The van der Waals surface area contributed by atoms with E-state index >= 15 is 0 Å². The fourth-order valence-corrected chi connectivity index (χ4v) is 2.03. The van der Waals surface area contributed by atoms with Crippen molar-refractivity contribution >= 4 is 21.6 Å². The monoisotopic (exact) mass is 342 g/mol. The SMILES string of the molecule is CCc1ncnc(-n2cc(Br)c(=O)c([N+](=O)[O-])c2)c1F. The molecule has 0 aliphatic carbocycles. The number of halogens is 2. The molecule has 9 heteroatoms. The Hall–Kier alpha value is -2.16. The summed E-state index contributed by atoms with van der Waals surface area (Å²) < 4.78 is 15.1. The van der Waals surface area contributed by atoms with Crippen LogP contribution in [0.3, 0.4) is 0 Å². The third-order valence-corrected chi connectivity index (χ3v) is 3.15. The van der Waals surface area contributed by atoms with Crippen molar-refractivity contribution in [2.75, 3.05) is 0 Å². The van der Waals surface area contributed by atoms with E-state index in [4.69, 9.17) is 0 Å². The molecule has 0 aliphatic rings. The first kappa shape index (κ1) is 14.3. The Balaban J connectivity index is 2.71. The first-order chi connectivity index (χ1) is 9.45. The minimum Gasteiger partial charge on any atom is -0.298 e. The van der Waals surface area contributed by atoms with E-state index < -0.39 is 21.9 Å². The van der Waals surface area contributed by atoms with Gasteiger partial charge < -0.3 is 0 Å². The first-order valence-electron chi connectivity index (χ1n) is 5.51. The van der Waals surface area contributed by atoms with Crippen LogP contribution in [-0.2, 0) is 6.42 Å². The van der Waals surface area contributed by atoms with Crippen molar-refractivity contribution in [3.63, 3.8) is 0 Å². The van der Waals surface area contributed by atoms with Crippen molar-refractivity contribution in [2.24, 2.45) is 0 Å². The standard InChI is InChI=1S/C11H8BrFN4O3/c1-2-7-9(13)11(15-5-14-7)16-3-6(12)10(18)8(4-16)17(19)20/h3-5H,2H2,1H3. The van der Waals surface area contributed by atoms with E-state index in [1.54, 1.807) is 6.92 Å². The highest BCUT2D eigenvalue weighted by Crippen LogP contribution is 2.17. The number of hydrogen-bond acceptors (Lipinski definition) is 5. The van der Waals surface area contributed by atoms with Crippen molar-refractivity contribution in [1.82, 2.24) is 14.5 Å². The Morgan fingerprint density at radius 3 is 2.75 bits per heavy atom. The molecule has 2 aromatic rings. The van der Waals surface area contributed by atoms with E-state index in [1.807, 2.05) is 0 Å². The number of aryl methyl sites for hydroxylation is 1. The smallest absolute Gasteiger partial charge is 0.298 e. The molecule has 0 radical (unpaired) electrons. The van der Waals surface area contributed by atoms with Crippen LogP contribution >= 0.6 is 15.9 Å². The number of nitrogens with zero attached hydrogens (tertiary/aromatic N) is 4. The van der Waals surface area contributed by atoms with Crippen LogP contribution in [0, 0.1) is 15.9 Å². The van der Waals surface area contributed by atoms with Gasteiger partial charge in [-0.25, -0.2) is 14.4 Å². The molecule has 104 valence electrons. The zero-order valence-corrected chi connectivity index (χ0v) is 11.8. The highest BCUT2D eigenvalue weighted by molar-refractivity contribution is 9.10. The lowest BCUT2D eigenvalue weighted by Crippen LogP contribution is -2.14. The molecule has 0 atom stereocenters. The van der Waals surface area contributed by atoms with Crippen LogP contribution in [0.25, 0.3) is 5.82 Å². The molecule has 0 saturated carbocycles. The van der Waals surface area contributed by atoms with E-state index in [0.717, 1.165) is 17.1 Å². The molecular formula is C11H8BrFN4O3. The molecule has 0 N–H and O–H groups in total. The van der Waals surface area contributed by atoms with Crippen LogP contribution in [0.1, 0.15) is 12.6 Å². The van der Waals surface area contributed by atoms with Gasteiger partial charge in [-0.05, 0) is 22.4 Å². The summed E-state index contributed by atoms with van der Waals surface area (Å²) in [5.74, 6) is -0.833. The topological polar surface area (TPSA) is 90.9 Å². The molecule has 0 fully saturated rings. The van der Waals surface area contributed by atoms with Gasteiger partial charge in [0.05, 0.1) is 21.3 Å². The maximum absolute atomic E-state index is 14.1. The highest BCUT2D eigenvalue weighted by atomic mass is 79.9. The Morgan fingerprint density at radius 2 is 2.15 bits per heavy atom. The van der Waals surface area contributed by atoms with Gasteiger partial charge in [0.1, 0.15) is 6.33 Å². The Morgan fingerprint density at radius 1 is 1.45 bits per heavy atom. The Labute approximate surface area is 120 Å². The quantitative estimate of drug-likeness (QED) is 0.628. The van der Waals surface area contributed by atoms with Crippen LogP contribution in [0.4, 0.5) is 10.1 Å². The van der Waals surface area contributed by atoms with Gasteiger partial charge in [-0.2, -0.15) is 0 Å². The molecule has 0 aromatic carbocycles. The predicted octanol–water partition coefficient (Wildman–Crippen LogP) is 2.00. The first-order valence-corrected chi connectivity index (χ1v) is 6.31. The van der Waals surface area contributed by atoms with Crippen molar-refractivity contribution in [3.8, 4) is 5.82 Å². The second kappa shape index (κ2) is 5.45. The molecule has 0 saturated heterocycles. The fraction of sp³-hybridized carbons (Fsp3) is 0.182. The zero-order chi connectivity index (χ0) is 14.9. The normalized spacial score (nSPS) is 10.6. The van der Waals surface area contributed by atoms with E-state index in [0.29, 0.717) is 6.42 Å². The number of rotatable bonds is 3. The molecule has 0 bridgehead atoms. The van der Waals surface area contributed by atoms with Crippen molar-refractivity contribution in [2.45, 2.75) is 13.3 Å². The van der Waals surface area contributed by atoms with Crippen molar-refractivity contribution in [3.05, 3.63) is 55.0 Å². The lowest BCUT2D eigenvalue weighted by molar-refractivity contribution is -0.386. The summed E-state index contributed by atoms with van der Waals surface area (Å²) in [6, 6.07) is 0. The minimum atomic E-state index is -0.830. The van der Waals surface area contributed by atoms with Crippen molar-refractivity contribution < 1.29 is 9.31 Å². The van der Waals surface area contributed by atoms with Crippen LogP contribution in [0.5, 0.6) is 0 Å². The summed E-state index contributed by atoms with van der Waals surface area (Å²) in [4.78, 5) is 29.1. The fourth-order valence-electron chi connectivity index (χ4n) is 1.61. The van der Waals surface area contributed by atoms with Gasteiger partial charge in [0.25, 0.3) is 5.43 Å². The zero-order valence-electron chi connectivity index (χ0n) is 10.2. The Kier molecular flexibility index (Phi) is 3.89. The predicted molar refractivity (Wildman–Crippen MR) is 71.3 cm³/mol. The van der Waals surface area contributed by atoms with Crippen LogP contribution in [0.2, 0.25) is 0 Å². The van der Waals surface area contributed by atoms with Gasteiger partial charge in [0.15, 0.2) is 11.6 Å². The van der Waals surface area contributed by atoms with E-state index in [9.17, 15) is 19.3 Å². The molecule has 0 unspecified atom stereocenters. The summed E-state index contributed by atoms with van der Waals surface area (Å²) in [6.07, 6.45) is 3.66. The average Bonchev–Trinajstić information content (AvgIpc) is 2.41. The van der Waals surface area contributed by atoms with Gasteiger partial charge in [0, 0.05) is 6.20 Å². The maximum atomic E-state index is 14.1. The molecule has 2 rings (SSSR count). The average molecular weight is 343 g/mol. The summed E-state index contributed by atoms with van der Waals surface area (Å²) in [7, 11) is 0. The summed E-state index contributed by atoms with van der Waals surface area (Å²) in [5.41, 5.74) is -1.26. The van der Waals surface area contributed by atoms with E-state index in [-0.39, 0.29) is 16.0 Å². The molecule has 0 aliphatic heterocycles. The van der Waals surface area contributed by atoms with Gasteiger partial charge in [-0.3, -0.25) is 19.5 Å². The van der Waals surface area contributed by atoms with Crippen LogP contribution in [-0.4, -0.2) is 19.5 Å². The van der Waals surface area contributed by atoms with Gasteiger partial charge >= 0.3 is 5.69 Å². The molecule has 0 amide bonds. The lowest BCUT2D eigenvalue weighted by atomic mass is 10.3. The number of nitro groups is 1. The van der Waals surface area contributed by atoms with Gasteiger partial charge in [0.2, 0.25) is 0 Å². The minimum absolute atomic E-state index is 0.0530. The highest BCUT2D eigenvalue weighted by Gasteiger charge is 2.19. The second-order valence-electron chi connectivity index (χ2n) is 3.80. The number of pyridine rings is 1. The summed E-state index contributed by atoms with van der Waals surface area (Å²) >= 11 is 2.92. The Bertz CT molecular complexity index is 747.